The van der Waals surface area contributed by atoms with E-state index in [1.807, 2.05) is 19.1 Å². The molecule has 1 atom stereocenters. The number of benzene rings is 1. The van der Waals surface area contributed by atoms with Crippen LogP contribution in [0.4, 0.5) is 0 Å². The number of halogens is 1. The minimum Gasteiger partial charge on any atom is -0.386 e. The Labute approximate surface area is 114 Å². The van der Waals surface area contributed by atoms with Crippen LogP contribution >= 0.6 is 15.9 Å². The Kier molecular flexibility index (Phi) is 4.04. The van der Waals surface area contributed by atoms with Crippen LogP contribution in [0.3, 0.4) is 0 Å². The maximum absolute atomic E-state index is 12.0. The fraction of sp³-hybridized carbons (Fsp3) is 0.462. The highest BCUT2D eigenvalue weighted by atomic mass is 79.9. The van der Waals surface area contributed by atoms with Crippen LogP contribution in [-0.4, -0.2) is 36.4 Å². The smallest absolute Gasteiger partial charge is 0.252 e. The first-order valence-electron chi connectivity index (χ1n) is 5.85. The van der Waals surface area contributed by atoms with Crippen molar-refractivity contribution in [2.24, 2.45) is 0 Å². The molecule has 98 valence electrons. The second-order valence-corrected chi connectivity index (χ2v) is 5.55. The molecule has 1 aliphatic heterocycles. The van der Waals surface area contributed by atoms with Gasteiger partial charge in [0, 0.05) is 24.0 Å². The average molecular weight is 314 g/mol. The number of nitrogens with one attached hydrogen (secondary N) is 1. The van der Waals surface area contributed by atoms with Crippen molar-refractivity contribution in [3.05, 3.63) is 33.8 Å². The van der Waals surface area contributed by atoms with Crippen molar-refractivity contribution in [2.45, 2.75) is 18.9 Å². The van der Waals surface area contributed by atoms with E-state index < -0.39 is 5.60 Å². The summed E-state index contributed by atoms with van der Waals surface area (Å²) in [7, 11) is 0. The van der Waals surface area contributed by atoms with Crippen LogP contribution < -0.4 is 5.32 Å². The fourth-order valence-corrected chi connectivity index (χ4v) is 2.55. The first-order valence-corrected chi connectivity index (χ1v) is 6.64. The summed E-state index contributed by atoms with van der Waals surface area (Å²) < 4.78 is 5.89. The standard InChI is InChI=1S/C13H16BrNO3/c1-9-2-3-10(11(14)6-9)12(16)15-7-13(17)4-5-18-8-13/h2-3,6,17H,4-5,7-8H2,1H3,(H,15,16). The zero-order chi connectivity index (χ0) is 13.2. The van der Waals surface area contributed by atoms with Gasteiger partial charge in [0.25, 0.3) is 5.91 Å². The fourth-order valence-electron chi connectivity index (χ4n) is 1.88. The minimum atomic E-state index is -0.924. The Balaban J connectivity index is 1.99. The molecule has 1 amide bonds. The zero-order valence-electron chi connectivity index (χ0n) is 10.2. The van der Waals surface area contributed by atoms with Crippen molar-refractivity contribution in [2.75, 3.05) is 19.8 Å². The highest BCUT2D eigenvalue weighted by molar-refractivity contribution is 9.10. The molecule has 0 radical (unpaired) electrons. The van der Waals surface area contributed by atoms with Gasteiger partial charge in [-0.05, 0) is 40.5 Å². The van der Waals surface area contributed by atoms with Crippen LogP contribution in [0.5, 0.6) is 0 Å². The lowest BCUT2D eigenvalue weighted by Crippen LogP contribution is -2.43. The van der Waals surface area contributed by atoms with E-state index in [1.54, 1.807) is 6.07 Å². The maximum atomic E-state index is 12.0. The van der Waals surface area contributed by atoms with Crippen LogP contribution in [-0.2, 0) is 4.74 Å². The lowest BCUT2D eigenvalue weighted by molar-refractivity contribution is 0.0264. The van der Waals surface area contributed by atoms with E-state index in [4.69, 9.17) is 4.74 Å². The molecule has 1 unspecified atom stereocenters. The van der Waals surface area contributed by atoms with E-state index in [2.05, 4.69) is 21.2 Å². The number of ether oxygens (including phenoxy) is 1. The number of aliphatic hydroxyl groups is 1. The maximum Gasteiger partial charge on any atom is 0.252 e. The molecule has 2 N–H and O–H groups in total. The van der Waals surface area contributed by atoms with Gasteiger partial charge in [0.2, 0.25) is 0 Å². The third-order valence-electron chi connectivity index (χ3n) is 3.03. The molecule has 5 heteroatoms. The van der Waals surface area contributed by atoms with E-state index in [-0.39, 0.29) is 19.1 Å². The molecular weight excluding hydrogens is 298 g/mol. The number of hydrogen-bond acceptors (Lipinski definition) is 3. The topological polar surface area (TPSA) is 58.6 Å². The Morgan fingerprint density at radius 2 is 2.39 bits per heavy atom. The van der Waals surface area contributed by atoms with Crippen LogP contribution in [0.15, 0.2) is 22.7 Å². The number of hydrogen-bond donors (Lipinski definition) is 2. The third-order valence-corrected chi connectivity index (χ3v) is 3.69. The summed E-state index contributed by atoms with van der Waals surface area (Å²) >= 11 is 3.37. The summed E-state index contributed by atoms with van der Waals surface area (Å²) in [5.74, 6) is -0.192. The molecule has 0 spiro atoms. The van der Waals surface area contributed by atoms with Gasteiger partial charge < -0.3 is 15.2 Å². The van der Waals surface area contributed by atoms with E-state index >= 15 is 0 Å². The number of amides is 1. The van der Waals surface area contributed by atoms with Gasteiger partial charge in [-0.1, -0.05) is 6.07 Å². The van der Waals surface area contributed by atoms with E-state index in [1.165, 1.54) is 0 Å². The summed E-state index contributed by atoms with van der Waals surface area (Å²) in [6.45, 7) is 3.00. The largest absolute Gasteiger partial charge is 0.386 e. The molecule has 2 rings (SSSR count). The van der Waals surface area contributed by atoms with Crippen molar-refractivity contribution in [1.29, 1.82) is 0 Å². The van der Waals surface area contributed by atoms with Crippen LogP contribution in [0.25, 0.3) is 0 Å². The molecule has 1 aromatic rings. The summed E-state index contributed by atoms with van der Waals surface area (Å²) in [5, 5.41) is 12.8. The molecule has 0 aliphatic carbocycles. The first kappa shape index (κ1) is 13.5. The van der Waals surface area contributed by atoms with Gasteiger partial charge >= 0.3 is 0 Å². The highest BCUT2D eigenvalue weighted by Crippen LogP contribution is 2.20. The van der Waals surface area contributed by atoms with E-state index in [9.17, 15) is 9.90 Å². The highest BCUT2D eigenvalue weighted by Gasteiger charge is 2.32. The second-order valence-electron chi connectivity index (χ2n) is 4.69. The summed E-state index contributed by atoms with van der Waals surface area (Å²) in [6.07, 6.45) is 0.558. The average Bonchev–Trinajstić information content (AvgIpc) is 2.74. The predicted molar refractivity (Wildman–Crippen MR) is 71.6 cm³/mol. The zero-order valence-corrected chi connectivity index (χ0v) is 11.8. The lowest BCUT2D eigenvalue weighted by Gasteiger charge is -2.20. The molecule has 18 heavy (non-hydrogen) atoms. The van der Waals surface area contributed by atoms with Crippen LogP contribution in [0.2, 0.25) is 0 Å². The molecule has 0 aromatic heterocycles. The monoisotopic (exact) mass is 313 g/mol. The quantitative estimate of drug-likeness (QED) is 0.892. The van der Waals surface area contributed by atoms with E-state index in [0.29, 0.717) is 18.6 Å². The predicted octanol–water partition coefficient (Wildman–Crippen LogP) is 1.64. The van der Waals surface area contributed by atoms with Crippen molar-refractivity contribution < 1.29 is 14.6 Å². The number of aryl methyl sites for hydroxylation is 1. The van der Waals surface area contributed by atoms with Gasteiger partial charge in [-0.3, -0.25) is 4.79 Å². The second kappa shape index (κ2) is 5.38. The molecule has 1 fully saturated rings. The van der Waals surface area contributed by atoms with E-state index in [0.717, 1.165) is 10.0 Å². The third kappa shape index (κ3) is 3.10. The first-order chi connectivity index (χ1) is 8.50. The summed E-state index contributed by atoms with van der Waals surface area (Å²) in [6, 6.07) is 5.54. The molecule has 1 saturated heterocycles. The molecule has 0 bridgehead atoms. The van der Waals surface area contributed by atoms with Gasteiger partial charge in [-0.15, -0.1) is 0 Å². The van der Waals surface area contributed by atoms with Gasteiger partial charge in [-0.25, -0.2) is 0 Å². The molecule has 4 nitrogen and oxygen atoms in total. The van der Waals surface area contributed by atoms with Gasteiger partial charge in [0.15, 0.2) is 0 Å². The Morgan fingerprint density at radius 3 is 3.00 bits per heavy atom. The van der Waals surface area contributed by atoms with Crippen LogP contribution in [0.1, 0.15) is 22.3 Å². The minimum absolute atomic E-state index is 0.192. The normalized spacial score (nSPS) is 23.1. The molecule has 1 heterocycles. The SMILES string of the molecule is Cc1ccc(C(=O)NCC2(O)CCOC2)c(Br)c1. The van der Waals surface area contributed by atoms with Crippen LogP contribution in [0, 0.1) is 6.92 Å². The molecule has 1 aliphatic rings. The van der Waals surface area contributed by atoms with Gasteiger partial charge in [-0.2, -0.15) is 0 Å². The van der Waals surface area contributed by atoms with Gasteiger partial charge in [0.05, 0.1) is 12.2 Å². The molecule has 1 aromatic carbocycles. The Hall–Kier alpha value is -0.910. The number of rotatable bonds is 3. The van der Waals surface area contributed by atoms with Gasteiger partial charge in [0.1, 0.15) is 5.60 Å². The van der Waals surface area contributed by atoms with Crippen molar-refractivity contribution >= 4 is 21.8 Å². The Bertz CT molecular complexity index is 456. The van der Waals surface area contributed by atoms with Crippen molar-refractivity contribution in [1.82, 2.24) is 5.32 Å². The lowest BCUT2D eigenvalue weighted by atomic mass is 10.0. The summed E-state index contributed by atoms with van der Waals surface area (Å²) in [4.78, 5) is 12.0. The Morgan fingerprint density at radius 1 is 1.61 bits per heavy atom. The number of carbonyl (C=O) groups is 1. The molecular formula is C13H16BrNO3. The van der Waals surface area contributed by atoms with Crippen molar-refractivity contribution in [3.8, 4) is 0 Å². The molecule has 0 saturated carbocycles. The summed E-state index contributed by atoms with van der Waals surface area (Å²) in [5.41, 5.74) is 0.733. The number of carbonyl (C=O) groups excluding carboxylic acids is 1. The van der Waals surface area contributed by atoms with Crippen molar-refractivity contribution in [3.63, 3.8) is 0 Å².